The quantitative estimate of drug-likeness (QED) is 0.835. The number of pyridine rings is 1. The van der Waals surface area contributed by atoms with E-state index >= 15 is 0 Å². The van der Waals surface area contributed by atoms with E-state index in [0.717, 1.165) is 17.0 Å². The number of aromatic nitrogens is 1. The van der Waals surface area contributed by atoms with Crippen molar-refractivity contribution in [3.63, 3.8) is 0 Å². The fourth-order valence-corrected chi connectivity index (χ4v) is 2.82. The average molecular weight is 300 g/mol. The van der Waals surface area contributed by atoms with Gasteiger partial charge in [0.15, 0.2) is 0 Å². The number of anilines is 1. The summed E-state index contributed by atoms with van der Waals surface area (Å²) in [4.78, 5) is 4.33. The van der Waals surface area contributed by atoms with Crippen molar-refractivity contribution in [1.29, 1.82) is 0 Å². The van der Waals surface area contributed by atoms with Crippen molar-refractivity contribution in [3.05, 3.63) is 42.6 Å². The van der Waals surface area contributed by atoms with Gasteiger partial charge in [0, 0.05) is 11.8 Å². The zero-order valence-electron chi connectivity index (χ0n) is 13.5. The minimum atomic E-state index is -1.79. The van der Waals surface area contributed by atoms with Crippen LogP contribution in [0.25, 0.3) is 11.3 Å². The minimum absolute atomic E-state index is 0.192. The molecular formula is C17H24N2OSi. The van der Waals surface area contributed by atoms with Crippen molar-refractivity contribution >= 4 is 14.0 Å². The van der Waals surface area contributed by atoms with Crippen LogP contribution in [0, 0.1) is 0 Å². The van der Waals surface area contributed by atoms with Gasteiger partial charge in [-0.15, -0.1) is 0 Å². The molecule has 112 valence electrons. The van der Waals surface area contributed by atoms with Crippen molar-refractivity contribution in [1.82, 2.24) is 4.98 Å². The van der Waals surface area contributed by atoms with Gasteiger partial charge in [-0.25, -0.2) is 0 Å². The lowest BCUT2D eigenvalue weighted by atomic mass is 10.1. The van der Waals surface area contributed by atoms with Crippen LogP contribution in [0.4, 0.5) is 5.69 Å². The van der Waals surface area contributed by atoms with E-state index in [9.17, 15) is 0 Å². The summed E-state index contributed by atoms with van der Waals surface area (Å²) >= 11 is 0. The van der Waals surface area contributed by atoms with Gasteiger partial charge in [0.05, 0.1) is 11.4 Å². The highest BCUT2D eigenvalue weighted by Gasteiger charge is 2.38. The molecule has 2 aromatic rings. The molecule has 0 aliphatic carbocycles. The summed E-state index contributed by atoms with van der Waals surface area (Å²) < 4.78 is 6.27. The molecule has 21 heavy (non-hydrogen) atoms. The van der Waals surface area contributed by atoms with Crippen LogP contribution in [-0.4, -0.2) is 13.3 Å². The topological polar surface area (TPSA) is 48.1 Å². The molecule has 0 saturated carbocycles. The van der Waals surface area contributed by atoms with Crippen LogP contribution >= 0.6 is 0 Å². The van der Waals surface area contributed by atoms with Gasteiger partial charge in [-0.05, 0) is 54.5 Å². The molecule has 0 aliphatic rings. The maximum Gasteiger partial charge on any atom is 0.250 e. The van der Waals surface area contributed by atoms with Gasteiger partial charge in [-0.2, -0.15) is 0 Å². The van der Waals surface area contributed by atoms with Crippen LogP contribution in [0.2, 0.25) is 18.1 Å². The summed E-state index contributed by atoms with van der Waals surface area (Å²) in [7, 11) is -1.79. The van der Waals surface area contributed by atoms with Crippen LogP contribution in [0.1, 0.15) is 20.8 Å². The van der Waals surface area contributed by atoms with Crippen LogP contribution < -0.4 is 10.2 Å². The standard InChI is InChI=1S/C17H24N2OSi/c1-17(2,3)21(4,5)20-14-10-8-13(9-11-14)16-15(18)7-6-12-19-16/h6-12H,18H2,1-5H3. The SMILES string of the molecule is CC(C)(C)[Si](C)(C)Oc1ccc(-c2ncccc2N)cc1. The molecule has 0 amide bonds. The van der Waals surface area contributed by atoms with E-state index < -0.39 is 8.32 Å². The van der Waals surface area contributed by atoms with Crippen molar-refractivity contribution in [2.45, 2.75) is 38.9 Å². The third-order valence-corrected chi connectivity index (χ3v) is 8.50. The van der Waals surface area contributed by atoms with E-state index in [1.807, 2.05) is 36.4 Å². The van der Waals surface area contributed by atoms with Crippen molar-refractivity contribution in [2.24, 2.45) is 0 Å². The zero-order valence-corrected chi connectivity index (χ0v) is 14.5. The molecule has 0 saturated heterocycles. The van der Waals surface area contributed by atoms with E-state index in [0.29, 0.717) is 5.69 Å². The molecule has 3 nitrogen and oxygen atoms in total. The van der Waals surface area contributed by atoms with Crippen LogP contribution in [0.15, 0.2) is 42.6 Å². The van der Waals surface area contributed by atoms with Gasteiger partial charge < -0.3 is 10.2 Å². The summed E-state index contributed by atoms with van der Waals surface area (Å²) in [6, 6.07) is 11.7. The number of nitrogen functional groups attached to an aromatic ring is 1. The van der Waals surface area contributed by atoms with E-state index in [1.165, 1.54) is 0 Å². The first-order valence-electron chi connectivity index (χ1n) is 7.21. The van der Waals surface area contributed by atoms with Crippen molar-refractivity contribution in [3.8, 4) is 17.0 Å². The smallest absolute Gasteiger partial charge is 0.250 e. The van der Waals surface area contributed by atoms with Crippen LogP contribution in [0.3, 0.4) is 0 Å². The number of nitrogens with two attached hydrogens (primary N) is 1. The Bertz CT molecular complexity index is 615. The highest BCUT2D eigenvalue weighted by atomic mass is 28.4. The second kappa shape index (κ2) is 5.52. The largest absolute Gasteiger partial charge is 0.544 e. The molecule has 2 rings (SSSR count). The van der Waals surface area contributed by atoms with Crippen LogP contribution in [0.5, 0.6) is 5.75 Å². The number of benzene rings is 1. The third kappa shape index (κ3) is 3.45. The van der Waals surface area contributed by atoms with Gasteiger partial charge >= 0.3 is 0 Å². The fraction of sp³-hybridized carbons (Fsp3) is 0.353. The predicted octanol–water partition coefficient (Wildman–Crippen LogP) is 4.71. The monoisotopic (exact) mass is 300 g/mol. The fourth-order valence-electron chi connectivity index (χ4n) is 1.79. The normalized spacial score (nSPS) is 12.2. The Kier molecular flexibility index (Phi) is 4.10. The summed E-state index contributed by atoms with van der Waals surface area (Å²) in [5, 5.41) is 0.192. The number of nitrogens with zero attached hydrogens (tertiary/aromatic N) is 1. The maximum atomic E-state index is 6.27. The molecule has 0 aliphatic heterocycles. The number of hydrogen-bond acceptors (Lipinski definition) is 3. The molecule has 0 unspecified atom stereocenters. The molecule has 2 N–H and O–H groups in total. The highest BCUT2D eigenvalue weighted by Crippen LogP contribution is 2.37. The molecular weight excluding hydrogens is 276 g/mol. The minimum Gasteiger partial charge on any atom is -0.544 e. The summed E-state index contributed by atoms with van der Waals surface area (Å²) in [5.41, 5.74) is 8.48. The predicted molar refractivity (Wildman–Crippen MR) is 91.9 cm³/mol. The van der Waals surface area contributed by atoms with Gasteiger partial charge in [0.1, 0.15) is 5.75 Å². The summed E-state index contributed by atoms with van der Waals surface area (Å²) in [6.45, 7) is 11.2. The second-order valence-corrected chi connectivity index (χ2v) is 11.6. The first-order valence-corrected chi connectivity index (χ1v) is 10.1. The zero-order chi connectivity index (χ0) is 15.7. The molecule has 4 heteroatoms. The Balaban J connectivity index is 2.23. The maximum absolute atomic E-state index is 6.27. The number of rotatable bonds is 3. The van der Waals surface area contributed by atoms with Gasteiger partial charge in [-0.3, -0.25) is 4.98 Å². The molecule has 0 spiro atoms. The van der Waals surface area contributed by atoms with E-state index in [-0.39, 0.29) is 5.04 Å². The molecule has 0 bridgehead atoms. The molecule has 0 radical (unpaired) electrons. The Hall–Kier alpha value is -1.81. The van der Waals surface area contributed by atoms with E-state index in [2.05, 4.69) is 38.8 Å². The molecule has 0 atom stereocenters. The lowest BCUT2D eigenvalue weighted by Gasteiger charge is -2.36. The molecule has 1 heterocycles. The van der Waals surface area contributed by atoms with Crippen molar-refractivity contribution in [2.75, 3.05) is 5.73 Å². The molecule has 0 fully saturated rings. The van der Waals surface area contributed by atoms with E-state index in [4.69, 9.17) is 10.2 Å². The van der Waals surface area contributed by atoms with Gasteiger partial charge in [0.2, 0.25) is 8.32 Å². The number of hydrogen-bond donors (Lipinski definition) is 1. The summed E-state index contributed by atoms with van der Waals surface area (Å²) in [6.07, 6.45) is 1.76. The molecule has 1 aromatic heterocycles. The van der Waals surface area contributed by atoms with Crippen molar-refractivity contribution < 1.29 is 4.43 Å². The Morgan fingerprint density at radius 3 is 2.19 bits per heavy atom. The average Bonchev–Trinajstić information content (AvgIpc) is 2.39. The first-order chi connectivity index (χ1) is 9.71. The highest BCUT2D eigenvalue weighted by molar-refractivity contribution is 6.74. The van der Waals surface area contributed by atoms with Gasteiger partial charge in [-0.1, -0.05) is 20.8 Å². The summed E-state index contributed by atoms with van der Waals surface area (Å²) in [5.74, 6) is 0.917. The lowest BCUT2D eigenvalue weighted by molar-refractivity contribution is 0.492. The molecule has 1 aromatic carbocycles. The van der Waals surface area contributed by atoms with E-state index in [1.54, 1.807) is 6.20 Å². The third-order valence-electron chi connectivity index (χ3n) is 4.15. The van der Waals surface area contributed by atoms with Gasteiger partial charge in [0.25, 0.3) is 0 Å². The lowest BCUT2D eigenvalue weighted by Crippen LogP contribution is -2.43. The second-order valence-electron chi connectivity index (χ2n) is 6.83. The Morgan fingerprint density at radius 1 is 1.05 bits per heavy atom. The Morgan fingerprint density at radius 2 is 1.67 bits per heavy atom. The van der Waals surface area contributed by atoms with Crippen LogP contribution in [-0.2, 0) is 0 Å². The Labute approximate surface area is 128 Å². The first kappa shape index (κ1) is 15.6.